The van der Waals surface area contributed by atoms with E-state index in [9.17, 15) is 4.79 Å². The van der Waals surface area contributed by atoms with Crippen LogP contribution < -0.4 is 4.74 Å². The van der Waals surface area contributed by atoms with Crippen LogP contribution >= 0.6 is 0 Å². The number of aromatic nitrogens is 1. The summed E-state index contributed by atoms with van der Waals surface area (Å²) in [6.45, 7) is 3.37. The minimum Gasteiger partial charge on any atom is -0.475 e. The molecule has 4 nitrogen and oxygen atoms in total. The van der Waals surface area contributed by atoms with Crippen LogP contribution in [-0.2, 0) is 9.53 Å². The van der Waals surface area contributed by atoms with Crippen LogP contribution in [0.2, 0.25) is 0 Å². The Morgan fingerprint density at radius 3 is 2.76 bits per heavy atom. The number of ether oxygens (including phenoxy) is 2. The third-order valence-electron chi connectivity index (χ3n) is 2.60. The van der Waals surface area contributed by atoms with Gasteiger partial charge >= 0.3 is 5.97 Å². The summed E-state index contributed by atoms with van der Waals surface area (Å²) in [6.07, 6.45) is 1.84. The van der Waals surface area contributed by atoms with Crippen LogP contribution in [0.4, 0.5) is 0 Å². The second-order valence-electron chi connectivity index (χ2n) is 4.30. The zero-order chi connectivity index (χ0) is 12.5. The molecule has 0 fully saturated rings. The van der Waals surface area contributed by atoms with Gasteiger partial charge in [0.1, 0.15) is 5.75 Å². The van der Waals surface area contributed by atoms with Crippen LogP contribution in [0, 0.1) is 0 Å². The number of nitrogens with one attached hydrogen (secondary N) is 1. The molecule has 0 aliphatic heterocycles. The van der Waals surface area contributed by atoms with Gasteiger partial charge in [-0.2, -0.15) is 0 Å². The summed E-state index contributed by atoms with van der Waals surface area (Å²) in [6, 6.07) is 7.58. The maximum absolute atomic E-state index is 11.6. The highest BCUT2D eigenvalue weighted by Crippen LogP contribution is 2.28. The summed E-state index contributed by atoms with van der Waals surface area (Å²) in [5, 5.41) is 0.949. The maximum atomic E-state index is 11.6. The van der Waals surface area contributed by atoms with E-state index in [2.05, 4.69) is 4.98 Å². The van der Waals surface area contributed by atoms with Crippen LogP contribution in [-0.4, -0.2) is 23.7 Å². The van der Waals surface area contributed by atoms with E-state index in [0.717, 1.165) is 10.9 Å². The van der Waals surface area contributed by atoms with Crippen molar-refractivity contribution in [2.24, 2.45) is 0 Å². The Bertz CT molecular complexity index is 542. The lowest BCUT2D eigenvalue weighted by Gasteiger charge is -2.23. The molecule has 0 radical (unpaired) electrons. The van der Waals surface area contributed by atoms with Crippen LogP contribution in [0.15, 0.2) is 30.5 Å². The number of methoxy groups -OCH3 is 1. The van der Waals surface area contributed by atoms with E-state index in [0.29, 0.717) is 5.75 Å². The van der Waals surface area contributed by atoms with Crippen LogP contribution in [0.3, 0.4) is 0 Å². The number of esters is 1. The normalized spacial score (nSPS) is 11.5. The van der Waals surface area contributed by atoms with Crippen molar-refractivity contribution >= 4 is 16.9 Å². The van der Waals surface area contributed by atoms with E-state index in [4.69, 9.17) is 9.47 Å². The molecule has 2 rings (SSSR count). The molecule has 0 saturated heterocycles. The van der Waals surface area contributed by atoms with Crippen LogP contribution in [0.25, 0.3) is 10.9 Å². The lowest BCUT2D eigenvalue weighted by molar-refractivity contribution is -0.155. The van der Waals surface area contributed by atoms with Gasteiger partial charge in [-0.05, 0) is 32.0 Å². The molecule has 0 unspecified atom stereocenters. The van der Waals surface area contributed by atoms with Crippen molar-refractivity contribution in [1.82, 2.24) is 4.98 Å². The second-order valence-corrected chi connectivity index (χ2v) is 4.30. The molecule has 1 heterocycles. The second kappa shape index (κ2) is 4.13. The SMILES string of the molecule is COC(=O)C(C)(C)Oc1cccc2[nH]ccc12. The maximum Gasteiger partial charge on any atom is 0.349 e. The number of hydrogen-bond donors (Lipinski definition) is 1. The first-order chi connectivity index (χ1) is 8.04. The van der Waals surface area contributed by atoms with Gasteiger partial charge in [-0.3, -0.25) is 0 Å². The number of hydrogen-bond acceptors (Lipinski definition) is 3. The van der Waals surface area contributed by atoms with Crippen molar-refractivity contribution in [2.75, 3.05) is 7.11 Å². The topological polar surface area (TPSA) is 51.3 Å². The summed E-state index contributed by atoms with van der Waals surface area (Å²) >= 11 is 0. The molecule has 17 heavy (non-hydrogen) atoms. The van der Waals surface area contributed by atoms with E-state index in [1.165, 1.54) is 7.11 Å². The van der Waals surface area contributed by atoms with Crippen LogP contribution in [0.1, 0.15) is 13.8 Å². The molecule has 2 aromatic rings. The fourth-order valence-corrected chi connectivity index (χ4v) is 1.71. The zero-order valence-electron chi connectivity index (χ0n) is 10.1. The van der Waals surface area contributed by atoms with Crippen molar-refractivity contribution in [1.29, 1.82) is 0 Å². The van der Waals surface area contributed by atoms with Gasteiger partial charge in [-0.1, -0.05) is 6.07 Å². The molecule has 0 aliphatic carbocycles. The predicted octanol–water partition coefficient (Wildman–Crippen LogP) is 2.50. The monoisotopic (exact) mass is 233 g/mol. The Labute approximate surface area is 99.5 Å². The standard InChI is InChI=1S/C13H15NO3/c1-13(2,12(15)16-3)17-11-6-4-5-10-9(11)7-8-14-10/h4-8,14H,1-3H3. The Kier molecular flexibility index (Phi) is 2.79. The van der Waals surface area contributed by atoms with E-state index in [1.54, 1.807) is 13.8 Å². The first-order valence-corrected chi connectivity index (χ1v) is 5.38. The number of fused-ring (bicyclic) bond motifs is 1. The fraction of sp³-hybridized carbons (Fsp3) is 0.308. The Morgan fingerprint density at radius 1 is 1.29 bits per heavy atom. The van der Waals surface area contributed by atoms with Gasteiger partial charge in [0.05, 0.1) is 7.11 Å². The number of benzene rings is 1. The number of carbonyl (C=O) groups is 1. The Balaban J connectivity index is 2.35. The molecular formula is C13H15NO3. The minimum atomic E-state index is -1.000. The highest BCUT2D eigenvalue weighted by Gasteiger charge is 2.31. The smallest absolute Gasteiger partial charge is 0.349 e. The molecule has 0 spiro atoms. The quantitative estimate of drug-likeness (QED) is 0.829. The molecule has 0 aliphatic rings. The Morgan fingerprint density at radius 2 is 2.06 bits per heavy atom. The third-order valence-corrected chi connectivity index (χ3v) is 2.60. The average molecular weight is 233 g/mol. The molecule has 1 N–H and O–H groups in total. The van der Waals surface area contributed by atoms with Gasteiger partial charge in [0.15, 0.2) is 5.60 Å². The highest BCUT2D eigenvalue weighted by atomic mass is 16.6. The first-order valence-electron chi connectivity index (χ1n) is 5.38. The molecule has 0 bridgehead atoms. The van der Waals surface area contributed by atoms with E-state index in [-0.39, 0.29) is 0 Å². The molecular weight excluding hydrogens is 218 g/mol. The molecule has 4 heteroatoms. The summed E-state index contributed by atoms with van der Waals surface area (Å²) in [5.74, 6) is 0.268. The number of aromatic amines is 1. The van der Waals surface area contributed by atoms with Gasteiger partial charge < -0.3 is 14.5 Å². The van der Waals surface area contributed by atoms with E-state index >= 15 is 0 Å². The summed E-state index contributed by atoms with van der Waals surface area (Å²) < 4.78 is 10.4. The predicted molar refractivity (Wildman–Crippen MR) is 65.0 cm³/mol. The summed E-state index contributed by atoms with van der Waals surface area (Å²) in [4.78, 5) is 14.6. The van der Waals surface area contributed by atoms with Crippen molar-refractivity contribution in [2.45, 2.75) is 19.4 Å². The molecule has 1 aromatic carbocycles. The first kappa shape index (κ1) is 11.5. The van der Waals surface area contributed by atoms with Gasteiger partial charge in [-0.25, -0.2) is 4.79 Å². The minimum absolute atomic E-state index is 0.398. The largest absolute Gasteiger partial charge is 0.475 e. The molecule has 1 aromatic heterocycles. The van der Waals surface area contributed by atoms with E-state index < -0.39 is 11.6 Å². The Hall–Kier alpha value is -1.97. The number of carbonyl (C=O) groups excluding carboxylic acids is 1. The third kappa shape index (κ3) is 2.11. The lowest BCUT2D eigenvalue weighted by atomic mass is 10.1. The van der Waals surface area contributed by atoms with Gasteiger partial charge in [0.2, 0.25) is 0 Å². The van der Waals surface area contributed by atoms with Gasteiger partial charge in [0.25, 0.3) is 0 Å². The molecule has 0 atom stereocenters. The van der Waals surface area contributed by atoms with Gasteiger partial charge in [0, 0.05) is 17.1 Å². The molecule has 0 amide bonds. The van der Waals surface area contributed by atoms with Crippen LogP contribution in [0.5, 0.6) is 5.75 Å². The number of rotatable bonds is 3. The van der Waals surface area contributed by atoms with Crippen molar-refractivity contribution in [3.63, 3.8) is 0 Å². The average Bonchev–Trinajstić information content (AvgIpc) is 2.76. The van der Waals surface area contributed by atoms with Crippen molar-refractivity contribution in [3.8, 4) is 5.75 Å². The highest BCUT2D eigenvalue weighted by molar-refractivity contribution is 5.87. The zero-order valence-corrected chi connectivity index (χ0v) is 10.1. The number of H-pyrrole nitrogens is 1. The van der Waals surface area contributed by atoms with Crippen molar-refractivity contribution < 1.29 is 14.3 Å². The summed E-state index contributed by atoms with van der Waals surface area (Å²) in [5.41, 5.74) is -0.0245. The molecule has 90 valence electrons. The van der Waals surface area contributed by atoms with Crippen molar-refractivity contribution in [3.05, 3.63) is 30.5 Å². The summed E-state index contributed by atoms with van der Waals surface area (Å²) in [7, 11) is 1.35. The van der Waals surface area contributed by atoms with Gasteiger partial charge in [-0.15, -0.1) is 0 Å². The lowest BCUT2D eigenvalue weighted by Crippen LogP contribution is -2.39. The fourth-order valence-electron chi connectivity index (χ4n) is 1.71. The molecule has 0 saturated carbocycles. The van der Waals surface area contributed by atoms with E-state index in [1.807, 2.05) is 30.5 Å².